The van der Waals surface area contributed by atoms with Crippen LogP contribution in [0.3, 0.4) is 0 Å². The molecule has 0 radical (unpaired) electrons. The molecule has 0 saturated heterocycles. The number of ketones is 1. The topological polar surface area (TPSA) is 125 Å². The number of carbonyl (C=O) groups excluding carboxylic acids is 2. The number of aliphatic carboxylic acids is 1. The number of nitrogens with two attached hydrogens (primary N) is 1. The van der Waals surface area contributed by atoms with E-state index >= 15 is 0 Å². The Balaban J connectivity index is 1.50. The molecule has 5 N–H and O–H groups in total. The molecule has 7 nitrogen and oxygen atoms in total. The van der Waals surface area contributed by atoms with Crippen LogP contribution in [0, 0.1) is 5.41 Å². The van der Waals surface area contributed by atoms with Gasteiger partial charge in [0.15, 0.2) is 5.78 Å². The number of amides is 1. The fourth-order valence-corrected chi connectivity index (χ4v) is 4.23. The van der Waals surface area contributed by atoms with Crippen LogP contribution in [-0.4, -0.2) is 33.8 Å². The average Bonchev–Trinajstić information content (AvgIpc) is 3.23. The summed E-state index contributed by atoms with van der Waals surface area (Å²) in [6, 6.07) is 15.6. The fraction of sp³-hybridized carbons (Fsp3) is 0.192. The number of aromatic amines is 1. The third-order valence-corrected chi connectivity index (χ3v) is 5.97. The second kappa shape index (κ2) is 9.26. The number of para-hydroxylation sites is 1. The van der Waals surface area contributed by atoms with E-state index in [4.69, 9.17) is 5.73 Å². The predicted molar refractivity (Wildman–Crippen MR) is 125 cm³/mol. The van der Waals surface area contributed by atoms with Crippen LogP contribution in [0.2, 0.25) is 0 Å². The molecule has 168 valence electrons. The molecule has 1 unspecified atom stereocenters. The molecule has 0 spiro atoms. The second-order valence-corrected chi connectivity index (χ2v) is 8.28. The molecule has 0 bridgehead atoms. The number of hydrogen-bond donors (Lipinski definition) is 4. The number of carboxylic acids is 1. The van der Waals surface area contributed by atoms with E-state index in [2.05, 4.69) is 10.3 Å². The molecule has 33 heavy (non-hydrogen) atoms. The van der Waals surface area contributed by atoms with Crippen molar-refractivity contribution in [1.29, 1.82) is 0 Å². The van der Waals surface area contributed by atoms with Crippen molar-refractivity contribution < 1.29 is 19.5 Å². The van der Waals surface area contributed by atoms with Gasteiger partial charge in [-0.2, -0.15) is 0 Å². The van der Waals surface area contributed by atoms with Crippen molar-refractivity contribution in [1.82, 2.24) is 10.3 Å². The number of fused-ring (bicyclic) bond motifs is 1. The number of hydrogen-bond acceptors (Lipinski definition) is 4. The number of rotatable bonds is 8. The van der Waals surface area contributed by atoms with Gasteiger partial charge in [-0.3, -0.25) is 14.4 Å². The van der Waals surface area contributed by atoms with Gasteiger partial charge in [0, 0.05) is 28.4 Å². The van der Waals surface area contributed by atoms with Crippen LogP contribution in [0.15, 0.2) is 84.7 Å². The molecule has 1 aliphatic carbocycles. The van der Waals surface area contributed by atoms with Gasteiger partial charge < -0.3 is 21.1 Å². The minimum absolute atomic E-state index is 0.140. The maximum absolute atomic E-state index is 13.4. The van der Waals surface area contributed by atoms with Crippen molar-refractivity contribution in [3.63, 3.8) is 0 Å². The Morgan fingerprint density at radius 2 is 1.82 bits per heavy atom. The number of Topliss-reactive ketones (excluding diaryl/α,β-unsaturated/α-hetero) is 1. The number of benzene rings is 2. The van der Waals surface area contributed by atoms with Crippen molar-refractivity contribution in [2.45, 2.75) is 25.3 Å². The minimum atomic E-state index is -1.27. The van der Waals surface area contributed by atoms with Gasteiger partial charge in [0.25, 0.3) is 5.91 Å². The lowest BCUT2D eigenvalue weighted by Gasteiger charge is -2.32. The Kier molecular flexibility index (Phi) is 6.24. The third-order valence-electron chi connectivity index (χ3n) is 5.97. The predicted octanol–water partition coefficient (Wildman–Crippen LogP) is 3.34. The molecule has 0 aliphatic heterocycles. The molecule has 2 aromatic carbocycles. The van der Waals surface area contributed by atoms with Gasteiger partial charge in [0.2, 0.25) is 0 Å². The quantitative estimate of drug-likeness (QED) is 0.425. The molecule has 7 heteroatoms. The summed E-state index contributed by atoms with van der Waals surface area (Å²) in [6.07, 6.45) is 6.72. The number of aromatic nitrogens is 1. The minimum Gasteiger partial charge on any atom is -0.481 e. The highest BCUT2D eigenvalue weighted by Crippen LogP contribution is 2.36. The monoisotopic (exact) mass is 443 g/mol. The highest BCUT2D eigenvalue weighted by molar-refractivity contribution is 5.97. The van der Waals surface area contributed by atoms with E-state index in [0.29, 0.717) is 17.7 Å². The smallest absolute Gasteiger partial charge is 0.304 e. The summed E-state index contributed by atoms with van der Waals surface area (Å²) in [6.45, 7) is 0. The molecule has 0 saturated carbocycles. The van der Waals surface area contributed by atoms with Crippen molar-refractivity contribution in [3.05, 3.63) is 95.8 Å². The van der Waals surface area contributed by atoms with Crippen LogP contribution in [0.4, 0.5) is 0 Å². The lowest BCUT2D eigenvalue weighted by atomic mass is 9.71. The lowest BCUT2D eigenvalue weighted by molar-refractivity contribution is -0.143. The summed E-state index contributed by atoms with van der Waals surface area (Å²) in [5.74, 6) is -1.70. The highest BCUT2D eigenvalue weighted by Gasteiger charge is 2.41. The zero-order chi connectivity index (χ0) is 23.4. The van der Waals surface area contributed by atoms with E-state index in [9.17, 15) is 19.5 Å². The zero-order valence-electron chi connectivity index (χ0n) is 18.0. The number of allylic oxidation sites excluding steroid dienone is 3. The fourth-order valence-electron chi connectivity index (χ4n) is 4.23. The average molecular weight is 444 g/mol. The van der Waals surface area contributed by atoms with Crippen LogP contribution < -0.4 is 11.1 Å². The number of carboxylic acid groups (broad SMARTS) is 1. The van der Waals surface area contributed by atoms with Crippen LogP contribution in [0.5, 0.6) is 0 Å². The Morgan fingerprint density at radius 1 is 1.09 bits per heavy atom. The highest BCUT2D eigenvalue weighted by atomic mass is 16.4. The van der Waals surface area contributed by atoms with Gasteiger partial charge >= 0.3 is 5.97 Å². The first kappa shape index (κ1) is 22.2. The van der Waals surface area contributed by atoms with Crippen LogP contribution in [0.1, 0.15) is 28.8 Å². The van der Waals surface area contributed by atoms with Crippen molar-refractivity contribution >= 4 is 28.6 Å². The SMILES string of the molecule is N[C@@H](Cc1c[nH]c2ccccc12)C(=O)C1(CC(=O)O)C=CC(NC(=O)c2ccccc2)=CC1. The zero-order valence-corrected chi connectivity index (χ0v) is 18.0. The van der Waals surface area contributed by atoms with Gasteiger partial charge in [-0.25, -0.2) is 0 Å². The standard InChI is InChI=1S/C26H25N3O4/c27-21(14-18-16-28-22-9-5-4-8-20(18)22)24(32)26(15-23(30)31)12-10-19(11-13-26)29-25(33)17-6-2-1-3-7-17/h1-12,16,21,28H,13-15,27H2,(H,29,33)(H,30,31)/t21-,26?/m0/s1. The van der Waals surface area contributed by atoms with Crippen molar-refractivity contribution in [3.8, 4) is 0 Å². The van der Waals surface area contributed by atoms with Crippen LogP contribution in [-0.2, 0) is 16.0 Å². The van der Waals surface area contributed by atoms with E-state index in [-0.39, 0.29) is 24.5 Å². The summed E-state index contributed by atoms with van der Waals surface area (Å²) in [7, 11) is 0. The molecule has 4 rings (SSSR count). The van der Waals surface area contributed by atoms with E-state index < -0.39 is 17.4 Å². The third kappa shape index (κ3) is 4.78. The molecular weight excluding hydrogens is 418 g/mol. The van der Waals surface area contributed by atoms with Gasteiger partial charge in [-0.05, 0) is 42.7 Å². The molecule has 2 atom stereocenters. The second-order valence-electron chi connectivity index (χ2n) is 8.28. The van der Waals surface area contributed by atoms with E-state index in [1.54, 1.807) is 42.5 Å². The van der Waals surface area contributed by atoms with Gasteiger partial charge in [0.1, 0.15) is 0 Å². The first-order valence-corrected chi connectivity index (χ1v) is 10.7. The Morgan fingerprint density at radius 3 is 2.52 bits per heavy atom. The Labute approximate surface area is 191 Å². The van der Waals surface area contributed by atoms with Crippen LogP contribution >= 0.6 is 0 Å². The summed E-state index contributed by atoms with van der Waals surface area (Å²) in [4.78, 5) is 40.6. The molecular formula is C26H25N3O4. The summed E-state index contributed by atoms with van der Waals surface area (Å²) in [5, 5.41) is 13.3. The first-order valence-electron chi connectivity index (χ1n) is 10.7. The Bertz CT molecular complexity index is 1260. The molecule has 0 fully saturated rings. The van der Waals surface area contributed by atoms with Crippen LogP contribution in [0.25, 0.3) is 10.9 Å². The molecule has 1 aliphatic rings. The molecule has 1 aromatic heterocycles. The summed E-state index contributed by atoms with van der Waals surface area (Å²) in [5.41, 5.74) is 7.91. The van der Waals surface area contributed by atoms with Crippen molar-refractivity contribution in [2.24, 2.45) is 11.1 Å². The van der Waals surface area contributed by atoms with Gasteiger partial charge in [0.05, 0.1) is 17.9 Å². The Hall–Kier alpha value is -3.97. The van der Waals surface area contributed by atoms with E-state index in [0.717, 1.165) is 16.5 Å². The molecule has 1 heterocycles. The van der Waals surface area contributed by atoms with Gasteiger partial charge in [-0.15, -0.1) is 0 Å². The maximum atomic E-state index is 13.4. The molecule has 3 aromatic rings. The maximum Gasteiger partial charge on any atom is 0.304 e. The van der Waals surface area contributed by atoms with E-state index in [1.165, 1.54) is 0 Å². The normalized spacial score (nSPS) is 18.5. The van der Waals surface area contributed by atoms with Gasteiger partial charge in [-0.1, -0.05) is 48.6 Å². The largest absolute Gasteiger partial charge is 0.481 e. The van der Waals surface area contributed by atoms with E-state index in [1.807, 2.05) is 36.5 Å². The number of nitrogens with one attached hydrogen (secondary N) is 2. The lowest BCUT2D eigenvalue weighted by Crippen LogP contribution is -2.45. The number of H-pyrrole nitrogens is 1. The molecule has 1 amide bonds. The number of carbonyl (C=O) groups is 3. The van der Waals surface area contributed by atoms with Crippen molar-refractivity contribution in [2.75, 3.05) is 0 Å². The summed E-state index contributed by atoms with van der Waals surface area (Å²) < 4.78 is 0. The summed E-state index contributed by atoms with van der Waals surface area (Å²) >= 11 is 0. The first-order chi connectivity index (χ1) is 15.9.